The quantitative estimate of drug-likeness (QED) is 0.586. The second-order valence-electron chi connectivity index (χ2n) is 2.73. The molecule has 0 heterocycles. The van der Waals surface area contributed by atoms with Crippen LogP contribution in [0.3, 0.4) is 0 Å². The first kappa shape index (κ1) is 8.04. The normalized spacial score (nSPS) is 28.8. The minimum absolute atomic E-state index is 0.180. The van der Waals surface area contributed by atoms with Gasteiger partial charge in [0.1, 0.15) is 0 Å². The average Bonchev–Trinajstić information content (AvgIpc) is 1.83. The number of esters is 1. The number of rotatable bonds is 2. The molecule has 1 saturated carbocycles. The minimum atomic E-state index is -0.815. The van der Waals surface area contributed by atoms with Crippen molar-refractivity contribution in [1.29, 1.82) is 0 Å². The molecular weight excluding hydrogens is 148 g/mol. The topological polar surface area (TPSA) is 63.6 Å². The molecule has 0 aliphatic heterocycles. The molecule has 1 N–H and O–H groups in total. The number of methoxy groups -OCH3 is 1. The summed E-state index contributed by atoms with van der Waals surface area (Å²) in [7, 11) is 1.32. The molecule has 0 atom stereocenters. The van der Waals surface area contributed by atoms with Gasteiger partial charge in [-0.05, 0) is 12.8 Å². The smallest absolute Gasteiger partial charge is 0.308 e. The lowest BCUT2D eigenvalue weighted by Crippen LogP contribution is -2.35. The van der Waals surface area contributed by atoms with Crippen LogP contribution in [0.15, 0.2) is 0 Å². The molecule has 0 aromatic heterocycles. The Morgan fingerprint density at radius 1 is 1.36 bits per heavy atom. The first-order valence-electron chi connectivity index (χ1n) is 3.45. The van der Waals surface area contributed by atoms with Gasteiger partial charge in [0.05, 0.1) is 18.9 Å². The lowest BCUT2D eigenvalue weighted by Gasteiger charge is -2.29. The standard InChI is InChI=1S/C7H10O4/c1-11-7(10)5-2-4(3-5)6(8)9/h4-5H,2-3H2,1H3,(H,8,9)/t4-,5+. The average molecular weight is 158 g/mol. The van der Waals surface area contributed by atoms with Gasteiger partial charge in [-0.25, -0.2) is 0 Å². The molecule has 11 heavy (non-hydrogen) atoms. The van der Waals surface area contributed by atoms with Crippen molar-refractivity contribution < 1.29 is 19.4 Å². The van der Waals surface area contributed by atoms with Crippen molar-refractivity contribution in [2.75, 3.05) is 7.11 Å². The van der Waals surface area contributed by atoms with Gasteiger partial charge in [0.25, 0.3) is 0 Å². The molecule has 1 aliphatic rings. The van der Waals surface area contributed by atoms with Gasteiger partial charge in [0.15, 0.2) is 0 Å². The molecule has 0 aromatic carbocycles. The van der Waals surface area contributed by atoms with Gasteiger partial charge in [-0.3, -0.25) is 9.59 Å². The summed E-state index contributed by atoms with van der Waals surface area (Å²) in [6.07, 6.45) is 0.865. The SMILES string of the molecule is COC(=O)[C@H]1C[C@@H](C(=O)O)C1. The first-order chi connectivity index (χ1) is 5.15. The van der Waals surface area contributed by atoms with Crippen LogP contribution in [0.1, 0.15) is 12.8 Å². The molecule has 0 saturated heterocycles. The van der Waals surface area contributed by atoms with Gasteiger partial charge < -0.3 is 9.84 Å². The maximum Gasteiger partial charge on any atom is 0.308 e. The van der Waals surface area contributed by atoms with Crippen LogP contribution < -0.4 is 0 Å². The molecule has 1 fully saturated rings. The van der Waals surface area contributed by atoms with E-state index in [2.05, 4.69) is 4.74 Å². The zero-order chi connectivity index (χ0) is 8.43. The van der Waals surface area contributed by atoms with Gasteiger partial charge in [-0.2, -0.15) is 0 Å². The van der Waals surface area contributed by atoms with Gasteiger partial charge in [0.2, 0.25) is 0 Å². The number of carbonyl (C=O) groups is 2. The lowest BCUT2D eigenvalue weighted by atomic mass is 9.75. The second kappa shape index (κ2) is 2.90. The molecule has 4 nitrogen and oxygen atoms in total. The van der Waals surface area contributed by atoms with Crippen LogP contribution in [0, 0.1) is 11.8 Å². The van der Waals surface area contributed by atoms with E-state index >= 15 is 0 Å². The molecule has 0 spiro atoms. The third-order valence-corrected chi connectivity index (χ3v) is 2.02. The van der Waals surface area contributed by atoms with Gasteiger partial charge >= 0.3 is 11.9 Å². The molecule has 1 aliphatic carbocycles. The third-order valence-electron chi connectivity index (χ3n) is 2.02. The maximum absolute atomic E-state index is 10.7. The Kier molecular flexibility index (Phi) is 2.12. The molecule has 0 radical (unpaired) electrons. The van der Waals surface area contributed by atoms with E-state index in [1.54, 1.807) is 0 Å². The van der Waals surface area contributed by atoms with E-state index in [0.717, 1.165) is 0 Å². The van der Waals surface area contributed by atoms with E-state index in [4.69, 9.17) is 5.11 Å². The van der Waals surface area contributed by atoms with E-state index < -0.39 is 5.97 Å². The number of aliphatic carboxylic acids is 1. The third kappa shape index (κ3) is 1.50. The van der Waals surface area contributed by atoms with E-state index in [0.29, 0.717) is 12.8 Å². The molecular formula is C7H10O4. The van der Waals surface area contributed by atoms with Crippen LogP contribution >= 0.6 is 0 Å². The molecule has 0 bridgehead atoms. The number of hydrogen-bond donors (Lipinski definition) is 1. The van der Waals surface area contributed by atoms with E-state index in [-0.39, 0.29) is 17.8 Å². The first-order valence-corrected chi connectivity index (χ1v) is 3.45. The monoisotopic (exact) mass is 158 g/mol. The summed E-state index contributed by atoms with van der Waals surface area (Å²) < 4.78 is 4.45. The molecule has 0 unspecified atom stereocenters. The summed E-state index contributed by atoms with van der Waals surface area (Å²) in [6, 6.07) is 0. The number of carbonyl (C=O) groups excluding carboxylic acids is 1. The van der Waals surface area contributed by atoms with Gasteiger partial charge in [-0.1, -0.05) is 0 Å². The lowest BCUT2D eigenvalue weighted by molar-refractivity contribution is -0.156. The van der Waals surface area contributed by atoms with Crippen LogP contribution in [0.4, 0.5) is 0 Å². The summed E-state index contributed by atoms with van der Waals surface area (Å²) in [5.74, 6) is -1.62. The molecule has 0 amide bonds. The summed E-state index contributed by atoms with van der Waals surface area (Å²) >= 11 is 0. The Balaban J connectivity index is 2.29. The van der Waals surface area contributed by atoms with Gasteiger partial charge in [0, 0.05) is 0 Å². The van der Waals surface area contributed by atoms with Crippen LogP contribution in [-0.4, -0.2) is 24.2 Å². The number of ether oxygens (including phenoxy) is 1. The Labute approximate surface area is 64.2 Å². The van der Waals surface area contributed by atoms with Gasteiger partial charge in [-0.15, -0.1) is 0 Å². The predicted molar refractivity (Wildman–Crippen MR) is 35.9 cm³/mol. The molecule has 62 valence electrons. The maximum atomic E-state index is 10.7. The van der Waals surface area contributed by atoms with E-state index in [1.165, 1.54) is 7.11 Å². The van der Waals surface area contributed by atoms with Crippen molar-refractivity contribution >= 4 is 11.9 Å². The Bertz CT molecular complexity index is 181. The van der Waals surface area contributed by atoms with E-state index in [9.17, 15) is 9.59 Å². The zero-order valence-corrected chi connectivity index (χ0v) is 6.24. The van der Waals surface area contributed by atoms with Crippen molar-refractivity contribution in [1.82, 2.24) is 0 Å². The number of carboxylic acids is 1. The fraction of sp³-hybridized carbons (Fsp3) is 0.714. The van der Waals surface area contributed by atoms with Crippen molar-refractivity contribution in [2.24, 2.45) is 11.8 Å². The largest absolute Gasteiger partial charge is 0.481 e. The predicted octanol–water partition coefficient (Wildman–Crippen LogP) is 0.270. The highest BCUT2D eigenvalue weighted by Gasteiger charge is 2.39. The second-order valence-corrected chi connectivity index (χ2v) is 2.73. The van der Waals surface area contributed by atoms with Crippen LogP contribution in [0.25, 0.3) is 0 Å². The van der Waals surface area contributed by atoms with Crippen molar-refractivity contribution in [3.8, 4) is 0 Å². The molecule has 1 rings (SSSR count). The van der Waals surface area contributed by atoms with E-state index in [1.807, 2.05) is 0 Å². The highest BCUT2D eigenvalue weighted by Crippen LogP contribution is 2.34. The highest BCUT2D eigenvalue weighted by atomic mass is 16.5. The molecule has 0 aromatic rings. The van der Waals surface area contributed by atoms with Crippen molar-refractivity contribution in [2.45, 2.75) is 12.8 Å². The van der Waals surface area contributed by atoms with Crippen molar-refractivity contribution in [3.05, 3.63) is 0 Å². The Morgan fingerprint density at radius 2 is 1.91 bits per heavy atom. The Hall–Kier alpha value is -1.06. The summed E-state index contributed by atoms with van der Waals surface area (Å²) in [6.45, 7) is 0. The number of hydrogen-bond acceptors (Lipinski definition) is 3. The summed E-state index contributed by atoms with van der Waals surface area (Å²) in [4.78, 5) is 21.0. The summed E-state index contributed by atoms with van der Waals surface area (Å²) in [5, 5.41) is 8.45. The van der Waals surface area contributed by atoms with Crippen LogP contribution in [-0.2, 0) is 14.3 Å². The Morgan fingerprint density at radius 3 is 2.27 bits per heavy atom. The van der Waals surface area contributed by atoms with Crippen LogP contribution in [0.2, 0.25) is 0 Å². The highest BCUT2D eigenvalue weighted by molar-refractivity contribution is 5.78. The fourth-order valence-electron chi connectivity index (χ4n) is 1.18. The zero-order valence-electron chi connectivity index (χ0n) is 6.24. The number of carboxylic acid groups (broad SMARTS) is 1. The summed E-state index contributed by atoms with van der Waals surface area (Å²) in [5.41, 5.74) is 0. The minimum Gasteiger partial charge on any atom is -0.481 e. The fourth-order valence-corrected chi connectivity index (χ4v) is 1.18. The van der Waals surface area contributed by atoms with Crippen molar-refractivity contribution in [3.63, 3.8) is 0 Å². The molecule has 4 heteroatoms. The van der Waals surface area contributed by atoms with Crippen LogP contribution in [0.5, 0.6) is 0 Å².